The molecule has 0 aliphatic rings. The lowest BCUT2D eigenvalue weighted by atomic mass is 10.2. The van der Waals surface area contributed by atoms with Crippen LogP contribution in [0.25, 0.3) is 5.65 Å². The first-order valence-corrected chi connectivity index (χ1v) is 5.51. The highest BCUT2D eigenvalue weighted by Crippen LogP contribution is 1.98. The van der Waals surface area contributed by atoms with Gasteiger partial charge in [-0.1, -0.05) is 6.07 Å². The van der Waals surface area contributed by atoms with Crippen molar-refractivity contribution in [1.29, 1.82) is 0 Å². The summed E-state index contributed by atoms with van der Waals surface area (Å²) >= 11 is 0. The van der Waals surface area contributed by atoms with Gasteiger partial charge in [-0.3, -0.25) is 14.0 Å². The standard InChI is InChI=1S/C12H13N3O3/c1-8(7-16)14-11(17)9-6-13-10-4-2-3-5-15(10)12(9)18/h2-6,8,16H,7H2,1H3,(H,14,17)/t8-/m0/s1. The number of nitrogens with zero attached hydrogens (tertiary/aromatic N) is 2. The first-order chi connectivity index (χ1) is 8.63. The summed E-state index contributed by atoms with van der Waals surface area (Å²) in [5.41, 5.74) is 0.0106. The van der Waals surface area contributed by atoms with Crippen LogP contribution in [0.1, 0.15) is 17.3 Å². The number of carbonyl (C=O) groups is 1. The van der Waals surface area contributed by atoms with Crippen LogP contribution < -0.4 is 10.9 Å². The Balaban J connectivity index is 2.43. The molecule has 0 aliphatic carbocycles. The zero-order chi connectivity index (χ0) is 13.1. The maximum atomic E-state index is 12.0. The summed E-state index contributed by atoms with van der Waals surface area (Å²) in [6.07, 6.45) is 2.80. The van der Waals surface area contributed by atoms with Crippen LogP contribution in [0.2, 0.25) is 0 Å². The molecule has 0 saturated carbocycles. The van der Waals surface area contributed by atoms with Gasteiger partial charge >= 0.3 is 0 Å². The molecule has 6 heteroatoms. The highest BCUT2D eigenvalue weighted by molar-refractivity contribution is 5.93. The number of pyridine rings is 1. The summed E-state index contributed by atoms with van der Waals surface area (Å²) < 4.78 is 1.30. The van der Waals surface area contributed by atoms with Gasteiger partial charge in [0.1, 0.15) is 11.2 Å². The van der Waals surface area contributed by atoms with Crippen LogP contribution in [0.4, 0.5) is 0 Å². The first kappa shape index (κ1) is 12.3. The lowest BCUT2D eigenvalue weighted by molar-refractivity contribution is 0.0920. The van der Waals surface area contributed by atoms with Crippen LogP contribution in [0, 0.1) is 0 Å². The van der Waals surface area contributed by atoms with Gasteiger partial charge in [0, 0.05) is 18.4 Å². The lowest BCUT2D eigenvalue weighted by Gasteiger charge is -2.10. The summed E-state index contributed by atoms with van der Waals surface area (Å²) in [5, 5.41) is 11.4. The third kappa shape index (κ3) is 2.23. The largest absolute Gasteiger partial charge is 0.394 e. The molecule has 18 heavy (non-hydrogen) atoms. The summed E-state index contributed by atoms with van der Waals surface area (Å²) in [7, 11) is 0. The van der Waals surface area contributed by atoms with E-state index in [1.807, 2.05) is 0 Å². The molecule has 2 rings (SSSR count). The van der Waals surface area contributed by atoms with Gasteiger partial charge in [-0.05, 0) is 19.1 Å². The second-order valence-corrected chi connectivity index (χ2v) is 3.96. The number of hydrogen-bond acceptors (Lipinski definition) is 4. The number of aliphatic hydroxyl groups excluding tert-OH is 1. The molecule has 2 aromatic heterocycles. The summed E-state index contributed by atoms with van der Waals surface area (Å²) in [5.74, 6) is -0.535. The van der Waals surface area contributed by atoms with E-state index in [2.05, 4.69) is 10.3 Å². The van der Waals surface area contributed by atoms with Crippen LogP contribution in [0.15, 0.2) is 35.4 Å². The number of aliphatic hydroxyl groups is 1. The predicted octanol–water partition coefficient (Wildman–Crippen LogP) is -0.195. The van der Waals surface area contributed by atoms with Gasteiger partial charge < -0.3 is 10.4 Å². The molecule has 1 atom stereocenters. The van der Waals surface area contributed by atoms with Crippen molar-refractivity contribution in [1.82, 2.24) is 14.7 Å². The molecule has 0 saturated heterocycles. The van der Waals surface area contributed by atoms with Crippen molar-refractivity contribution in [3.05, 3.63) is 46.5 Å². The van der Waals surface area contributed by atoms with E-state index in [0.29, 0.717) is 5.65 Å². The van der Waals surface area contributed by atoms with Crippen molar-refractivity contribution >= 4 is 11.6 Å². The third-order valence-corrected chi connectivity index (χ3v) is 2.51. The van der Waals surface area contributed by atoms with Gasteiger partial charge in [-0.2, -0.15) is 0 Å². The van der Waals surface area contributed by atoms with Gasteiger partial charge in [-0.25, -0.2) is 4.98 Å². The number of rotatable bonds is 3. The normalized spacial score (nSPS) is 12.3. The average Bonchev–Trinajstić information content (AvgIpc) is 2.39. The zero-order valence-corrected chi connectivity index (χ0v) is 9.83. The maximum Gasteiger partial charge on any atom is 0.270 e. The second-order valence-electron chi connectivity index (χ2n) is 3.96. The molecular weight excluding hydrogens is 234 g/mol. The quantitative estimate of drug-likeness (QED) is 0.787. The predicted molar refractivity (Wildman–Crippen MR) is 65.5 cm³/mol. The second kappa shape index (κ2) is 4.97. The van der Waals surface area contributed by atoms with E-state index in [0.717, 1.165) is 0 Å². The van der Waals surface area contributed by atoms with Crippen molar-refractivity contribution in [2.45, 2.75) is 13.0 Å². The van der Waals surface area contributed by atoms with Crippen molar-refractivity contribution < 1.29 is 9.90 Å². The molecule has 0 spiro atoms. The molecule has 2 aromatic rings. The molecule has 0 bridgehead atoms. The Labute approximate surface area is 103 Å². The molecule has 6 nitrogen and oxygen atoms in total. The van der Waals surface area contributed by atoms with Crippen molar-refractivity contribution in [2.24, 2.45) is 0 Å². The van der Waals surface area contributed by atoms with Gasteiger partial charge in [0.2, 0.25) is 0 Å². The monoisotopic (exact) mass is 247 g/mol. The van der Waals surface area contributed by atoms with E-state index in [9.17, 15) is 9.59 Å². The smallest absolute Gasteiger partial charge is 0.270 e. The van der Waals surface area contributed by atoms with Gasteiger partial charge in [0.25, 0.3) is 11.5 Å². The molecule has 0 aliphatic heterocycles. The molecular formula is C12H13N3O3. The minimum atomic E-state index is -0.535. The third-order valence-electron chi connectivity index (χ3n) is 2.51. The molecule has 1 amide bonds. The Bertz CT molecular complexity index is 636. The molecule has 94 valence electrons. The topological polar surface area (TPSA) is 83.7 Å². The van der Waals surface area contributed by atoms with Crippen LogP contribution >= 0.6 is 0 Å². The fraction of sp³-hybridized carbons (Fsp3) is 0.250. The molecule has 0 radical (unpaired) electrons. The van der Waals surface area contributed by atoms with Gasteiger partial charge in [0.05, 0.1) is 6.61 Å². The van der Waals surface area contributed by atoms with Crippen LogP contribution in [-0.4, -0.2) is 33.0 Å². The maximum absolute atomic E-state index is 12.0. The molecule has 2 N–H and O–H groups in total. The van der Waals surface area contributed by atoms with E-state index in [1.165, 1.54) is 10.6 Å². The molecule has 0 fully saturated rings. The van der Waals surface area contributed by atoms with Gasteiger partial charge in [-0.15, -0.1) is 0 Å². The van der Waals surface area contributed by atoms with Crippen molar-refractivity contribution in [3.63, 3.8) is 0 Å². The van der Waals surface area contributed by atoms with E-state index in [4.69, 9.17) is 5.11 Å². The number of fused-ring (bicyclic) bond motifs is 1. The minimum absolute atomic E-state index is 0.0426. The number of hydrogen-bond donors (Lipinski definition) is 2. The summed E-state index contributed by atoms with van der Waals surface area (Å²) in [4.78, 5) is 27.9. The Morgan fingerprint density at radius 2 is 2.33 bits per heavy atom. The number of carbonyl (C=O) groups excluding carboxylic acids is 1. The molecule has 0 aromatic carbocycles. The van der Waals surface area contributed by atoms with Gasteiger partial charge in [0.15, 0.2) is 0 Å². The van der Waals surface area contributed by atoms with E-state index in [1.54, 1.807) is 31.3 Å². The average molecular weight is 247 g/mol. The SMILES string of the molecule is C[C@@H](CO)NC(=O)c1cnc2ccccn2c1=O. The van der Waals surface area contributed by atoms with Crippen molar-refractivity contribution in [2.75, 3.05) is 6.61 Å². The lowest BCUT2D eigenvalue weighted by Crippen LogP contribution is -2.38. The fourth-order valence-corrected chi connectivity index (χ4v) is 1.53. The Morgan fingerprint density at radius 3 is 3.06 bits per heavy atom. The number of amides is 1. The minimum Gasteiger partial charge on any atom is -0.394 e. The van der Waals surface area contributed by atoms with E-state index < -0.39 is 17.5 Å². The fourth-order valence-electron chi connectivity index (χ4n) is 1.53. The molecule has 0 unspecified atom stereocenters. The van der Waals surface area contributed by atoms with Crippen molar-refractivity contribution in [3.8, 4) is 0 Å². The van der Waals surface area contributed by atoms with E-state index >= 15 is 0 Å². The summed E-state index contributed by atoms with van der Waals surface area (Å²) in [6.45, 7) is 1.46. The summed E-state index contributed by atoms with van der Waals surface area (Å²) in [6, 6.07) is 4.72. The van der Waals surface area contributed by atoms with Crippen LogP contribution in [0.5, 0.6) is 0 Å². The van der Waals surface area contributed by atoms with Crippen LogP contribution in [0.3, 0.4) is 0 Å². The Kier molecular flexibility index (Phi) is 3.38. The van der Waals surface area contributed by atoms with E-state index in [-0.39, 0.29) is 12.2 Å². The Morgan fingerprint density at radius 1 is 1.56 bits per heavy atom. The Hall–Kier alpha value is -2.21. The first-order valence-electron chi connectivity index (χ1n) is 5.51. The number of aromatic nitrogens is 2. The highest BCUT2D eigenvalue weighted by atomic mass is 16.3. The van der Waals surface area contributed by atoms with Crippen LogP contribution in [-0.2, 0) is 0 Å². The zero-order valence-electron chi connectivity index (χ0n) is 9.83. The molecule has 2 heterocycles. The number of nitrogens with one attached hydrogen (secondary N) is 1. The highest BCUT2D eigenvalue weighted by Gasteiger charge is 2.14.